The maximum absolute atomic E-state index is 10.9. The fourth-order valence-electron chi connectivity index (χ4n) is 1.12. The minimum Gasteiger partial charge on any atom is -0.478 e. The molecule has 0 saturated carbocycles. The summed E-state index contributed by atoms with van der Waals surface area (Å²) in [5.74, 6) is 4.78. The number of nitrogen functional groups attached to an aromatic ring is 2. The number of hydrogen-bond acceptors (Lipinski definition) is 6. The van der Waals surface area contributed by atoms with Gasteiger partial charge in [-0.25, -0.2) is 9.47 Å². The molecule has 15 heavy (non-hydrogen) atoms. The van der Waals surface area contributed by atoms with Crippen molar-refractivity contribution in [2.45, 2.75) is 0 Å². The van der Waals surface area contributed by atoms with Crippen LogP contribution >= 0.6 is 11.3 Å². The smallest absolute Gasteiger partial charge is 0.337 e. The third-order valence-corrected chi connectivity index (χ3v) is 2.60. The Bertz CT molecular complexity index is 517. The molecule has 0 fully saturated rings. The first kappa shape index (κ1) is 9.46. The average molecular weight is 225 g/mol. The summed E-state index contributed by atoms with van der Waals surface area (Å²) in [6, 6.07) is 0. The summed E-state index contributed by atoms with van der Waals surface area (Å²) in [5, 5.41) is 19.3. The third-order valence-electron chi connectivity index (χ3n) is 1.86. The number of hydrogen-bond donors (Lipinski definition) is 3. The Morgan fingerprint density at radius 1 is 1.47 bits per heavy atom. The SMILES string of the molecule is Nc1nnc(-c2cscc2C(=O)O)n1N. The summed E-state index contributed by atoms with van der Waals surface area (Å²) in [6.45, 7) is 0. The molecule has 0 aromatic carbocycles. The first-order chi connectivity index (χ1) is 7.11. The Balaban J connectivity index is 2.59. The van der Waals surface area contributed by atoms with E-state index in [-0.39, 0.29) is 17.3 Å². The average Bonchev–Trinajstić information content (AvgIpc) is 2.75. The number of carboxylic acid groups (broad SMARTS) is 1. The molecule has 2 rings (SSSR count). The monoisotopic (exact) mass is 225 g/mol. The Morgan fingerprint density at radius 2 is 2.20 bits per heavy atom. The molecular formula is C7H7N5O2S. The normalized spacial score (nSPS) is 10.4. The number of thiophene rings is 1. The number of rotatable bonds is 2. The highest BCUT2D eigenvalue weighted by Gasteiger charge is 2.18. The number of carboxylic acids is 1. The Hall–Kier alpha value is -2.09. The first-order valence-electron chi connectivity index (χ1n) is 3.87. The van der Waals surface area contributed by atoms with E-state index < -0.39 is 5.97 Å². The van der Waals surface area contributed by atoms with Crippen molar-refractivity contribution in [3.8, 4) is 11.4 Å². The van der Waals surface area contributed by atoms with Gasteiger partial charge >= 0.3 is 5.97 Å². The minimum absolute atomic E-state index is 0.0348. The molecular weight excluding hydrogens is 218 g/mol. The molecule has 0 radical (unpaired) electrons. The van der Waals surface area contributed by atoms with Gasteiger partial charge in [0, 0.05) is 16.3 Å². The van der Waals surface area contributed by atoms with E-state index in [1.165, 1.54) is 16.7 Å². The number of carbonyl (C=O) groups is 1. The quantitative estimate of drug-likeness (QED) is 0.619. The maximum atomic E-state index is 10.9. The van der Waals surface area contributed by atoms with Crippen LogP contribution in [0.15, 0.2) is 10.8 Å². The van der Waals surface area contributed by atoms with Crippen molar-refractivity contribution in [2.75, 3.05) is 11.6 Å². The van der Waals surface area contributed by atoms with Crippen molar-refractivity contribution >= 4 is 23.3 Å². The molecule has 0 aliphatic carbocycles. The summed E-state index contributed by atoms with van der Waals surface area (Å²) < 4.78 is 1.05. The maximum Gasteiger partial charge on any atom is 0.337 e. The number of aromatic nitrogens is 3. The molecule has 0 spiro atoms. The second kappa shape index (κ2) is 3.24. The number of nitrogens with two attached hydrogens (primary N) is 2. The Morgan fingerprint density at radius 3 is 2.73 bits per heavy atom. The lowest BCUT2D eigenvalue weighted by Crippen LogP contribution is -2.14. The van der Waals surface area contributed by atoms with Gasteiger partial charge in [0.15, 0.2) is 5.82 Å². The van der Waals surface area contributed by atoms with Crippen molar-refractivity contribution in [2.24, 2.45) is 0 Å². The van der Waals surface area contributed by atoms with Crippen molar-refractivity contribution in [3.63, 3.8) is 0 Å². The molecule has 2 aromatic heterocycles. The van der Waals surface area contributed by atoms with Crippen LogP contribution in [-0.4, -0.2) is 25.9 Å². The lowest BCUT2D eigenvalue weighted by atomic mass is 10.2. The van der Waals surface area contributed by atoms with Gasteiger partial charge in [-0.3, -0.25) is 0 Å². The Kier molecular flexibility index (Phi) is 2.05. The lowest BCUT2D eigenvalue weighted by Gasteiger charge is -1.99. The largest absolute Gasteiger partial charge is 0.478 e. The van der Waals surface area contributed by atoms with E-state index in [0.29, 0.717) is 5.56 Å². The fourth-order valence-corrected chi connectivity index (χ4v) is 1.92. The van der Waals surface area contributed by atoms with E-state index in [0.717, 1.165) is 4.68 Å². The second-order valence-electron chi connectivity index (χ2n) is 2.76. The summed E-state index contributed by atoms with van der Waals surface area (Å²) in [6.07, 6.45) is 0. The van der Waals surface area contributed by atoms with Crippen LogP contribution in [0.5, 0.6) is 0 Å². The number of anilines is 1. The topological polar surface area (TPSA) is 120 Å². The van der Waals surface area contributed by atoms with Gasteiger partial charge in [-0.1, -0.05) is 0 Å². The zero-order chi connectivity index (χ0) is 11.0. The van der Waals surface area contributed by atoms with E-state index in [2.05, 4.69) is 10.2 Å². The van der Waals surface area contributed by atoms with Gasteiger partial charge in [-0.15, -0.1) is 10.2 Å². The van der Waals surface area contributed by atoms with Gasteiger partial charge in [0.05, 0.1) is 5.56 Å². The molecule has 0 unspecified atom stereocenters. The predicted octanol–water partition coefficient (Wildman–Crippen LogP) is 0.000800. The minimum atomic E-state index is -1.03. The van der Waals surface area contributed by atoms with Gasteiger partial charge in [-0.05, 0) is 0 Å². The number of nitrogens with zero attached hydrogens (tertiary/aromatic N) is 3. The van der Waals surface area contributed by atoms with Crippen LogP contribution in [0.3, 0.4) is 0 Å². The lowest BCUT2D eigenvalue weighted by molar-refractivity contribution is 0.0698. The van der Waals surface area contributed by atoms with Crippen LogP contribution in [0.4, 0.5) is 5.95 Å². The highest BCUT2D eigenvalue weighted by molar-refractivity contribution is 7.08. The van der Waals surface area contributed by atoms with E-state index in [1.807, 2.05) is 0 Å². The van der Waals surface area contributed by atoms with E-state index in [9.17, 15) is 4.79 Å². The van der Waals surface area contributed by atoms with Crippen molar-refractivity contribution in [1.82, 2.24) is 14.9 Å². The molecule has 2 aromatic rings. The second-order valence-corrected chi connectivity index (χ2v) is 3.50. The van der Waals surface area contributed by atoms with Gasteiger partial charge in [-0.2, -0.15) is 11.3 Å². The molecule has 0 amide bonds. The predicted molar refractivity (Wildman–Crippen MR) is 54.9 cm³/mol. The van der Waals surface area contributed by atoms with Crippen LogP contribution in [-0.2, 0) is 0 Å². The zero-order valence-corrected chi connectivity index (χ0v) is 8.23. The molecule has 0 bridgehead atoms. The Labute approximate surface area is 87.9 Å². The number of aromatic carboxylic acids is 1. The van der Waals surface area contributed by atoms with E-state index in [4.69, 9.17) is 16.7 Å². The molecule has 0 aliphatic rings. The van der Waals surface area contributed by atoms with Crippen molar-refractivity contribution < 1.29 is 9.90 Å². The van der Waals surface area contributed by atoms with Gasteiger partial charge in [0.1, 0.15) is 0 Å². The zero-order valence-electron chi connectivity index (χ0n) is 7.41. The van der Waals surface area contributed by atoms with Crippen LogP contribution in [0.1, 0.15) is 10.4 Å². The van der Waals surface area contributed by atoms with Crippen LogP contribution in [0.2, 0.25) is 0 Å². The molecule has 7 nitrogen and oxygen atoms in total. The fraction of sp³-hybridized carbons (Fsp3) is 0. The highest BCUT2D eigenvalue weighted by atomic mass is 32.1. The van der Waals surface area contributed by atoms with Crippen molar-refractivity contribution in [1.29, 1.82) is 0 Å². The molecule has 2 heterocycles. The summed E-state index contributed by atoms with van der Waals surface area (Å²) >= 11 is 1.25. The highest BCUT2D eigenvalue weighted by Crippen LogP contribution is 2.25. The summed E-state index contributed by atoms with van der Waals surface area (Å²) in [7, 11) is 0. The standard InChI is InChI=1S/C7H7N5O2S/c8-7-11-10-5(12(7)9)3-1-15-2-4(3)6(13)14/h1-2H,9H2,(H2,8,11)(H,13,14). The van der Waals surface area contributed by atoms with Crippen LogP contribution in [0.25, 0.3) is 11.4 Å². The van der Waals surface area contributed by atoms with E-state index >= 15 is 0 Å². The van der Waals surface area contributed by atoms with Crippen molar-refractivity contribution in [3.05, 3.63) is 16.3 Å². The molecule has 5 N–H and O–H groups in total. The molecule has 78 valence electrons. The van der Waals surface area contributed by atoms with Gasteiger partial charge in [0.2, 0.25) is 5.95 Å². The van der Waals surface area contributed by atoms with E-state index in [1.54, 1.807) is 5.38 Å². The summed E-state index contributed by atoms with van der Waals surface area (Å²) in [5.41, 5.74) is 5.95. The van der Waals surface area contributed by atoms with Gasteiger partial charge in [0.25, 0.3) is 0 Å². The summed E-state index contributed by atoms with van der Waals surface area (Å²) in [4.78, 5) is 10.9. The third kappa shape index (κ3) is 1.40. The molecule has 0 saturated heterocycles. The molecule has 0 atom stereocenters. The van der Waals surface area contributed by atoms with Gasteiger partial charge < -0.3 is 16.7 Å². The van der Waals surface area contributed by atoms with Crippen LogP contribution in [0, 0.1) is 0 Å². The first-order valence-corrected chi connectivity index (χ1v) is 4.81. The molecule has 0 aliphatic heterocycles. The van der Waals surface area contributed by atoms with Crippen LogP contribution < -0.4 is 11.6 Å². The molecule has 8 heteroatoms.